The Morgan fingerprint density at radius 2 is 1.97 bits per heavy atom. The van der Waals surface area contributed by atoms with E-state index < -0.39 is 33.8 Å². The second-order valence-corrected chi connectivity index (χ2v) is 9.90. The maximum atomic E-state index is 14.2. The highest BCUT2D eigenvalue weighted by Crippen LogP contribution is 2.25. The Balaban J connectivity index is 1.82. The molecular formula is C22H20FN3O6S2. The average molecular weight is 506 g/mol. The van der Waals surface area contributed by atoms with Crippen molar-refractivity contribution in [3.05, 3.63) is 76.4 Å². The zero-order chi connectivity index (χ0) is 24.9. The molecule has 0 radical (unpaired) electrons. The van der Waals surface area contributed by atoms with Gasteiger partial charge in [0.15, 0.2) is 17.7 Å². The molecule has 1 unspecified atom stereocenters. The third-order valence-corrected chi connectivity index (χ3v) is 7.20. The number of amides is 1. The number of hydrogen-bond acceptors (Lipinski definition) is 7. The lowest BCUT2D eigenvalue weighted by molar-refractivity contribution is -0.144. The van der Waals surface area contributed by atoms with Crippen LogP contribution in [0, 0.1) is 12.7 Å². The number of carboxylic acid groups (broad SMARTS) is 1. The van der Waals surface area contributed by atoms with Gasteiger partial charge >= 0.3 is 5.97 Å². The summed E-state index contributed by atoms with van der Waals surface area (Å²) < 4.78 is 47.0. The van der Waals surface area contributed by atoms with Gasteiger partial charge in [0, 0.05) is 5.56 Å². The molecule has 0 fully saturated rings. The van der Waals surface area contributed by atoms with Crippen LogP contribution in [0.3, 0.4) is 0 Å². The lowest BCUT2D eigenvalue weighted by atomic mass is 10.1. The molecule has 1 amide bonds. The topological polar surface area (TPSA) is 134 Å². The third kappa shape index (κ3) is 5.97. The summed E-state index contributed by atoms with van der Waals surface area (Å²) in [6.45, 7) is 2.98. The smallest absolute Gasteiger partial charge is 0.344 e. The molecule has 9 nitrogen and oxygen atoms in total. The van der Waals surface area contributed by atoms with E-state index in [1.54, 1.807) is 24.4 Å². The number of benzene rings is 2. The Morgan fingerprint density at radius 3 is 2.65 bits per heavy atom. The van der Waals surface area contributed by atoms with Crippen molar-refractivity contribution in [3.63, 3.8) is 0 Å². The van der Waals surface area contributed by atoms with E-state index in [0.29, 0.717) is 5.56 Å². The van der Waals surface area contributed by atoms with Crippen molar-refractivity contribution in [1.29, 1.82) is 0 Å². The number of rotatable bonds is 9. The van der Waals surface area contributed by atoms with Crippen molar-refractivity contribution < 1.29 is 32.2 Å². The Bertz CT molecular complexity index is 1340. The number of carbonyl (C=O) groups is 2. The van der Waals surface area contributed by atoms with Crippen LogP contribution in [-0.2, 0) is 14.8 Å². The maximum absolute atomic E-state index is 14.2. The van der Waals surface area contributed by atoms with Gasteiger partial charge in [0.1, 0.15) is 4.21 Å². The first-order valence-corrected chi connectivity index (χ1v) is 12.1. The normalized spacial score (nSPS) is 12.3. The number of halogens is 1. The molecule has 0 saturated carbocycles. The molecule has 178 valence electrons. The largest absolute Gasteiger partial charge is 0.479 e. The monoisotopic (exact) mass is 505 g/mol. The summed E-state index contributed by atoms with van der Waals surface area (Å²) in [6.07, 6.45) is -0.222. The SMILES string of the molecule is Cc1ccc(NS(=O)(=O)c2cccs2)c(C(=O)N/N=C\c2cccc(F)c2OC(C)C(=O)O)c1. The summed E-state index contributed by atoms with van der Waals surface area (Å²) in [4.78, 5) is 23.8. The molecule has 1 aromatic heterocycles. The zero-order valence-corrected chi connectivity index (χ0v) is 19.6. The number of carboxylic acids is 1. The van der Waals surface area contributed by atoms with Crippen LogP contribution in [0.1, 0.15) is 28.4 Å². The van der Waals surface area contributed by atoms with Crippen LogP contribution in [-0.4, -0.2) is 37.7 Å². The van der Waals surface area contributed by atoms with Gasteiger partial charge in [-0.3, -0.25) is 9.52 Å². The molecule has 0 spiro atoms. The molecule has 34 heavy (non-hydrogen) atoms. The van der Waals surface area contributed by atoms with Crippen molar-refractivity contribution in [3.8, 4) is 5.75 Å². The lowest BCUT2D eigenvalue weighted by Gasteiger charge is -2.13. The van der Waals surface area contributed by atoms with Crippen LogP contribution in [0.15, 0.2) is 63.2 Å². The van der Waals surface area contributed by atoms with Crippen molar-refractivity contribution in [2.24, 2.45) is 5.10 Å². The minimum atomic E-state index is -3.89. The van der Waals surface area contributed by atoms with Gasteiger partial charge in [-0.1, -0.05) is 23.8 Å². The fourth-order valence-electron chi connectivity index (χ4n) is 2.75. The molecule has 0 aliphatic carbocycles. The fourth-order valence-corrected chi connectivity index (χ4v) is 4.82. The van der Waals surface area contributed by atoms with Crippen molar-refractivity contribution >= 4 is 45.1 Å². The van der Waals surface area contributed by atoms with Crippen LogP contribution in [0.5, 0.6) is 5.75 Å². The molecule has 0 aliphatic heterocycles. The molecular weight excluding hydrogens is 485 g/mol. The van der Waals surface area contributed by atoms with Gasteiger partial charge < -0.3 is 9.84 Å². The standard InChI is InChI=1S/C22H20FN3O6S2/c1-13-8-9-18(26-34(30,31)19-7-4-10-33-19)16(11-13)21(27)25-24-12-15-5-3-6-17(23)20(15)32-14(2)22(28)29/h3-12,14,26H,1-2H3,(H,25,27)(H,28,29)/b24-12-. The lowest BCUT2D eigenvalue weighted by Crippen LogP contribution is -2.24. The first kappa shape index (κ1) is 24.9. The molecule has 1 heterocycles. The van der Waals surface area contributed by atoms with E-state index in [2.05, 4.69) is 15.2 Å². The van der Waals surface area contributed by atoms with Crippen molar-refractivity contribution in [2.75, 3.05) is 4.72 Å². The molecule has 0 aliphatic rings. The molecule has 3 N–H and O–H groups in total. The van der Waals surface area contributed by atoms with Crippen LogP contribution in [0.4, 0.5) is 10.1 Å². The van der Waals surface area contributed by atoms with Crippen molar-refractivity contribution in [1.82, 2.24) is 5.43 Å². The van der Waals surface area contributed by atoms with Gasteiger partial charge in [-0.2, -0.15) is 5.10 Å². The molecule has 3 rings (SSSR count). The summed E-state index contributed by atoms with van der Waals surface area (Å²) in [7, 11) is -3.89. The number of carbonyl (C=O) groups excluding carboxylic acids is 1. The second-order valence-electron chi connectivity index (χ2n) is 7.04. The predicted octanol–water partition coefficient (Wildman–Crippen LogP) is 3.61. The third-order valence-electron chi connectivity index (χ3n) is 4.43. The first-order chi connectivity index (χ1) is 16.1. The minimum absolute atomic E-state index is 0.0208. The highest BCUT2D eigenvalue weighted by atomic mass is 32.2. The summed E-state index contributed by atoms with van der Waals surface area (Å²) in [6, 6.07) is 11.5. The van der Waals surface area contributed by atoms with E-state index in [9.17, 15) is 22.4 Å². The van der Waals surface area contributed by atoms with Crippen LogP contribution in [0.25, 0.3) is 0 Å². The van der Waals surface area contributed by atoms with Crippen LogP contribution >= 0.6 is 11.3 Å². The number of aliphatic carboxylic acids is 1. The first-order valence-electron chi connectivity index (χ1n) is 9.77. The molecule has 0 bridgehead atoms. The molecule has 1 atom stereocenters. The minimum Gasteiger partial charge on any atom is -0.479 e. The van der Waals surface area contributed by atoms with E-state index in [1.807, 2.05) is 0 Å². The predicted molar refractivity (Wildman–Crippen MR) is 125 cm³/mol. The number of thiophene rings is 1. The van der Waals surface area contributed by atoms with Gasteiger partial charge in [-0.25, -0.2) is 23.0 Å². The van der Waals surface area contributed by atoms with E-state index in [4.69, 9.17) is 9.84 Å². The fraction of sp³-hybridized carbons (Fsp3) is 0.136. The number of hydrazone groups is 1. The van der Waals surface area contributed by atoms with Gasteiger partial charge in [0.2, 0.25) is 0 Å². The van der Waals surface area contributed by atoms with Gasteiger partial charge in [0.25, 0.3) is 15.9 Å². The maximum Gasteiger partial charge on any atom is 0.344 e. The zero-order valence-electron chi connectivity index (χ0n) is 18.0. The average Bonchev–Trinajstić information content (AvgIpc) is 3.33. The summed E-state index contributed by atoms with van der Waals surface area (Å²) in [5.74, 6) is -3.14. The number of sulfonamides is 1. The van der Waals surface area contributed by atoms with E-state index in [1.165, 1.54) is 37.3 Å². The Hall–Kier alpha value is -3.77. The molecule has 0 saturated heterocycles. The van der Waals surface area contributed by atoms with Gasteiger partial charge in [-0.05, 0) is 49.6 Å². The number of para-hydroxylation sites is 1. The van der Waals surface area contributed by atoms with Crippen LogP contribution < -0.4 is 14.9 Å². The quantitative estimate of drug-likeness (QED) is 0.300. The van der Waals surface area contributed by atoms with E-state index in [-0.39, 0.29) is 26.8 Å². The van der Waals surface area contributed by atoms with Crippen LogP contribution in [0.2, 0.25) is 0 Å². The van der Waals surface area contributed by atoms with E-state index >= 15 is 0 Å². The Kier molecular flexibility index (Phi) is 7.64. The number of nitrogens with zero attached hydrogens (tertiary/aromatic N) is 1. The number of hydrogen-bond donors (Lipinski definition) is 3. The van der Waals surface area contributed by atoms with Crippen molar-refractivity contribution in [2.45, 2.75) is 24.2 Å². The number of aryl methyl sites for hydroxylation is 1. The summed E-state index contributed by atoms with van der Waals surface area (Å²) >= 11 is 1.03. The molecule has 12 heteroatoms. The highest BCUT2D eigenvalue weighted by Gasteiger charge is 2.20. The molecule has 2 aromatic carbocycles. The summed E-state index contributed by atoms with van der Waals surface area (Å²) in [5.41, 5.74) is 3.13. The van der Waals surface area contributed by atoms with Gasteiger partial charge in [0.05, 0.1) is 17.5 Å². The number of ether oxygens (including phenoxy) is 1. The Morgan fingerprint density at radius 1 is 1.21 bits per heavy atom. The highest BCUT2D eigenvalue weighted by molar-refractivity contribution is 7.94. The number of anilines is 1. The van der Waals surface area contributed by atoms with Gasteiger partial charge in [-0.15, -0.1) is 11.3 Å². The van der Waals surface area contributed by atoms with E-state index in [0.717, 1.165) is 23.6 Å². The number of nitrogens with one attached hydrogen (secondary N) is 2. The molecule has 3 aromatic rings. The summed E-state index contributed by atoms with van der Waals surface area (Å²) in [5, 5.41) is 14.4. The Labute approximate surface area is 198 Å². The second kappa shape index (κ2) is 10.4.